The van der Waals surface area contributed by atoms with E-state index in [9.17, 15) is 13.6 Å². The third-order valence-electron chi connectivity index (χ3n) is 1.73. The third kappa shape index (κ3) is 2.79. The zero-order chi connectivity index (χ0) is 11.4. The van der Waals surface area contributed by atoms with Crippen molar-refractivity contribution in [3.63, 3.8) is 0 Å². The lowest BCUT2D eigenvalue weighted by molar-refractivity contribution is -0.115. The van der Waals surface area contributed by atoms with Crippen molar-refractivity contribution in [2.24, 2.45) is 0 Å². The first-order valence-electron chi connectivity index (χ1n) is 4.15. The van der Waals surface area contributed by atoms with Gasteiger partial charge >= 0.3 is 0 Å². The zero-order valence-electron chi connectivity index (χ0n) is 7.69. The first-order valence-corrected chi connectivity index (χ1v) is 4.69. The highest BCUT2D eigenvalue weighted by molar-refractivity contribution is 6.19. The van der Waals surface area contributed by atoms with Crippen molar-refractivity contribution in [1.82, 2.24) is 0 Å². The maximum Gasteiger partial charge on any atom is 0.225 e. The van der Waals surface area contributed by atoms with Gasteiger partial charge in [-0.15, -0.1) is 11.6 Å². The van der Waals surface area contributed by atoms with Crippen molar-refractivity contribution in [2.75, 3.05) is 16.9 Å². The number of nitrogens with one attached hydrogen (secondary N) is 1. The molecule has 0 aliphatic carbocycles. The molecule has 1 rings (SSSR count). The summed E-state index contributed by atoms with van der Waals surface area (Å²) in [5.74, 6) is -2.47. The monoisotopic (exact) mass is 234 g/mol. The summed E-state index contributed by atoms with van der Waals surface area (Å²) in [4.78, 5) is 11.1. The Hall–Kier alpha value is -1.36. The van der Waals surface area contributed by atoms with Gasteiger partial charge in [0.1, 0.15) is 0 Å². The van der Waals surface area contributed by atoms with Crippen molar-refractivity contribution in [1.29, 1.82) is 0 Å². The van der Waals surface area contributed by atoms with Crippen molar-refractivity contribution < 1.29 is 13.6 Å². The second-order valence-electron chi connectivity index (χ2n) is 2.81. The maximum absolute atomic E-state index is 13.0. The number of anilines is 2. The standard InChI is InChI=1S/C9H9ClF2N2O/c10-4-3-7(15)14-6-2-1-5(11)8(12)9(6)13/h1-2H,3-4,13H2,(H,14,15). The fourth-order valence-electron chi connectivity index (χ4n) is 0.974. The van der Waals surface area contributed by atoms with Crippen LogP contribution in [0.4, 0.5) is 20.2 Å². The Balaban J connectivity index is 2.87. The van der Waals surface area contributed by atoms with Gasteiger partial charge in [0, 0.05) is 12.3 Å². The van der Waals surface area contributed by atoms with E-state index in [-0.39, 0.29) is 18.0 Å². The molecular weight excluding hydrogens is 226 g/mol. The van der Waals surface area contributed by atoms with Gasteiger partial charge in [0.2, 0.25) is 5.91 Å². The first-order chi connectivity index (χ1) is 7.06. The van der Waals surface area contributed by atoms with E-state index >= 15 is 0 Å². The van der Waals surface area contributed by atoms with Gasteiger partial charge in [0.15, 0.2) is 11.6 Å². The molecule has 0 aliphatic rings. The number of nitrogens with two attached hydrogens (primary N) is 1. The number of carbonyl (C=O) groups excluding carboxylic acids is 1. The summed E-state index contributed by atoms with van der Waals surface area (Å²) in [6, 6.07) is 2.09. The SMILES string of the molecule is Nc1c(NC(=O)CCCl)ccc(F)c1F. The fraction of sp³-hybridized carbons (Fsp3) is 0.222. The summed E-state index contributed by atoms with van der Waals surface area (Å²) in [5, 5.41) is 2.32. The molecule has 0 aliphatic heterocycles. The van der Waals surface area contributed by atoms with Crippen molar-refractivity contribution in [3.8, 4) is 0 Å². The lowest BCUT2D eigenvalue weighted by Crippen LogP contribution is -2.14. The van der Waals surface area contributed by atoms with Crippen LogP contribution < -0.4 is 11.1 Å². The number of hydrogen-bond donors (Lipinski definition) is 2. The van der Waals surface area contributed by atoms with Crippen LogP contribution in [0.25, 0.3) is 0 Å². The van der Waals surface area contributed by atoms with Crippen molar-refractivity contribution in [2.45, 2.75) is 6.42 Å². The molecule has 0 atom stereocenters. The first kappa shape index (κ1) is 11.7. The molecule has 15 heavy (non-hydrogen) atoms. The summed E-state index contributed by atoms with van der Waals surface area (Å²) in [6.07, 6.45) is 0.0833. The average molecular weight is 235 g/mol. The molecule has 0 fully saturated rings. The predicted octanol–water partition coefficient (Wildman–Crippen LogP) is 2.11. The quantitative estimate of drug-likeness (QED) is 0.622. The van der Waals surface area contributed by atoms with E-state index in [1.807, 2.05) is 0 Å². The van der Waals surface area contributed by atoms with Gasteiger partial charge in [-0.2, -0.15) is 0 Å². The van der Waals surface area contributed by atoms with Crippen molar-refractivity contribution >= 4 is 28.9 Å². The minimum atomic E-state index is -1.17. The van der Waals surface area contributed by atoms with Gasteiger partial charge in [0.05, 0.1) is 11.4 Å². The number of benzene rings is 1. The Bertz CT molecular complexity index is 385. The molecule has 0 heterocycles. The van der Waals surface area contributed by atoms with E-state index in [4.69, 9.17) is 17.3 Å². The van der Waals surface area contributed by atoms with Gasteiger partial charge in [-0.1, -0.05) is 0 Å². The van der Waals surface area contributed by atoms with Crippen LogP contribution in [0.1, 0.15) is 6.42 Å². The molecule has 82 valence electrons. The average Bonchev–Trinajstić information content (AvgIpc) is 2.20. The molecule has 3 nitrogen and oxygen atoms in total. The summed E-state index contributed by atoms with van der Waals surface area (Å²) < 4.78 is 25.6. The number of nitrogen functional groups attached to an aromatic ring is 1. The summed E-state index contributed by atoms with van der Waals surface area (Å²) in [5.41, 5.74) is 4.89. The van der Waals surface area contributed by atoms with Crippen LogP contribution >= 0.6 is 11.6 Å². The van der Waals surface area contributed by atoms with E-state index in [2.05, 4.69) is 5.32 Å². The molecule has 3 N–H and O–H groups in total. The molecule has 1 amide bonds. The minimum absolute atomic E-state index is 0.0454. The number of halogens is 3. The van der Waals surface area contributed by atoms with Crippen molar-refractivity contribution in [3.05, 3.63) is 23.8 Å². The molecule has 0 spiro atoms. The normalized spacial score (nSPS) is 10.1. The molecule has 1 aromatic rings. The van der Waals surface area contributed by atoms with E-state index in [1.54, 1.807) is 0 Å². The molecular formula is C9H9ClF2N2O. The van der Waals surface area contributed by atoms with Gasteiger partial charge in [-0.05, 0) is 12.1 Å². The lowest BCUT2D eigenvalue weighted by atomic mass is 10.2. The maximum atomic E-state index is 13.0. The Morgan fingerprint density at radius 2 is 2.13 bits per heavy atom. The number of hydrogen-bond acceptors (Lipinski definition) is 2. The topological polar surface area (TPSA) is 55.1 Å². The Labute approximate surface area is 90.2 Å². The van der Waals surface area contributed by atoms with E-state index < -0.39 is 23.2 Å². The summed E-state index contributed by atoms with van der Waals surface area (Å²) >= 11 is 5.33. The number of alkyl halides is 1. The van der Waals surface area contributed by atoms with Crippen LogP contribution in [0.15, 0.2) is 12.1 Å². The Kier molecular flexibility index (Phi) is 3.85. The second-order valence-corrected chi connectivity index (χ2v) is 3.19. The van der Waals surface area contributed by atoms with E-state index in [1.165, 1.54) is 6.07 Å². The minimum Gasteiger partial charge on any atom is -0.395 e. The number of amides is 1. The van der Waals surface area contributed by atoms with Gasteiger partial charge in [-0.3, -0.25) is 4.79 Å². The molecule has 0 aromatic heterocycles. The smallest absolute Gasteiger partial charge is 0.225 e. The van der Waals surface area contributed by atoms with E-state index in [0.717, 1.165) is 6.07 Å². The lowest BCUT2D eigenvalue weighted by Gasteiger charge is -2.08. The van der Waals surface area contributed by atoms with Gasteiger partial charge < -0.3 is 11.1 Å². The Morgan fingerprint density at radius 3 is 2.73 bits per heavy atom. The molecule has 0 saturated carbocycles. The number of carbonyl (C=O) groups is 1. The van der Waals surface area contributed by atoms with Crippen LogP contribution in [0.2, 0.25) is 0 Å². The molecule has 1 aromatic carbocycles. The summed E-state index contributed by atoms with van der Waals surface area (Å²) in [7, 11) is 0. The van der Waals surface area contributed by atoms with Crippen LogP contribution in [0.5, 0.6) is 0 Å². The second kappa shape index (κ2) is 4.93. The molecule has 0 saturated heterocycles. The molecule has 0 radical (unpaired) electrons. The Morgan fingerprint density at radius 1 is 1.47 bits per heavy atom. The zero-order valence-corrected chi connectivity index (χ0v) is 8.44. The molecule has 0 bridgehead atoms. The highest BCUT2D eigenvalue weighted by Gasteiger charge is 2.12. The highest BCUT2D eigenvalue weighted by Crippen LogP contribution is 2.23. The largest absolute Gasteiger partial charge is 0.395 e. The predicted molar refractivity (Wildman–Crippen MR) is 54.7 cm³/mol. The van der Waals surface area contributed by atoms with Crippen LogP contribution in [-0.4, -0.2) is 11.8 Å². The third-order valence-corrected chi connectivity index (χ3v) is 1.92. The van der Waals surface area contributed by atoms with Gasteiger partial charge in [0.25, 0.3) is 0 Å². The summed E-state index contributed by atoms with van der Waals surface area (Å²) in [6.45, 7) is 0. The van der Waals surface area contributed by atoms with Gasteiger partial charge in [-0.25, -0.2) is 8.78 Å². The fourth-order valence-corrected chi connectivity index (χ4v) is 1.15. The van der Waals surface area contributed by atoms with E-state index in [0.29, 0.717) is 0 Å². The highest BCUT2D eigenvalue weighted by atomic mass is 35.5. The molecule has 0 unspecified atom stereocenters. The number of rotatable bonds is 3. The van der Waals surface area contributed by atoms with Crippen LogP contribution in [-0.2, 0) is 4.79 Å². The van der Waals surface area contributed by atoms with Crippen LogP contribution in [0.3, 0.4) is 0 Å². The molecule has 6 heteroatoms. The van der Waals surface area contributed by atoms with Crippen LogP contribution in [0, 0.1) is 11.6 Å².